The average Bonchev–Trinajstić information content (AvgIpc) is 3.00. The largest absolute Gasteiger partial charge is 0.357 e. The molecular formula is C15H21ClN4O2. The van der Waals surface area contributed by atoms with Gasteiger partial charge in [-0.15, -0.1) is 12.4 Å². The van der Waals surface area contributed by atoms with Crippen LogP contribution >= 0.6 is 12.4 Å². The molecule has 1 amide bonds. The highest BCUT2D eigenvalue weighted by Gasteiger charge is 2.25. The number of hydrogen-bond acceptors (Lipinski definition) is 3. The summed E-state index contributed by atoms with van der Waals surface area (Å²) in [4.78, 5) is 29.6. The average molecular weight is 325 g/mol. The summed E-state index contributed by atoms with van der Waals surface area (Å²) in [5.74, 6) is -0.0258. The van der Waals surface area contributed by atoms with E-state index in [9.17, 15) is 9.59 Å². The Balaban J connectivity index is 0.00000176. The number of piperidine rings is 1. The van der Waals surface area contributed by atoms with Gasteiger partial charge >= 0.3 is 0 Å². The highest BCUT2D eigenvalue weighted by molar-refractivity contribution is 6.05. The molecular weight excluding hydrogens is 304 g/mol. The lowest BCUT2D eigenvalue weighted by molar-refractivity contribution is 0.0704. The van der Waals surface area contributed by atoms with E-state index >= 15 is 0 Å². The summed E-state index contributed by atoms with van der Waals surface area (Å²) in [5, 5.41) is 4.00. The number of nitrogens with zero attached hydrogens (tertiary/aromatic N) is 2. The van der Waals surface area contributed by atoms with Gasteiger partial charge in [0.25, 0.3) is 11.5 Å². The number of amides is 1. The number of fused-ring (bicyclic) bond motifs is 1. The normalized spacial score (nSPS) is 15.5. The minimum Gasteiger partial charge on any atom is -0.357 e. The van der Waals surface area contributed by atoms with Crippen molar-refractivity contribution in [2.45, 2.75) is 18.9 Å². The highest BCUT2D eigenvalue weighted by atomic mass is 35.5. The number of carbonyl (C=O) groups is 1. The van der Waals surface area contributed by atoms with E-state index in [-0.39, 0.29) is 29.9 Å². The second-order valence-corrected chi connectivity index (χ2v) is 5.62. The third-order valence-electron chi connectivity index (χ3n) is 4.30. The van der Waals surface area contributed by atoms with Gasteiger partial charge in [0.05, 0.1) is 5.56 Å². The van der Waals surface area contributed by atoms with Crippen molar-refractivity contribution in [1.82, 2.24) is 19.8 Å². The van der Waals surface area contributed by atoms with Crippen molar-refractivity contribution in [2.75, 3.05) is 20.1 Å². The quantitative estimate of drug-likeness (QED) is 0.869. The number of halogens is 1. The maximum atomic E-state index is 12.8. The van der Waals surface area contributed by atoms with E-state index in [1.54, 1.807) is 25.5 Å². The van der Waals surface area contributed by atoms with Crippen LogP contribution in [-0.4, -0.2) is 46.5 Å². The summed E-state index contributed by atoms with van der Waals surface area (Å²) < 4.78 is 1.46. The Morgan fingerprint density at radius 2 is 2.05 bits per heavy atom. The standard InChI is InChI=1S/C15H20N4O2.ClH/c1-18-9-12(11-5-8-17-13(11)15(18)21)14(20)19(2)10-3-6-16-7-4-10;/h5,8-10,16-17H,3-4,6-7H2,1-2H3;1H. The summed E-state index contributed by atoms with van der Waals surface area (Å²) >= 11 is 0. The molecule has 0 saturated carbocycles. The number of H-pyrrole nitrogens is 1. The van der Waals surface area contributed by atoms with Crippen molar-refractivity contribution >= 4 is 29.2 Å². The maximum absolute atomic E-state index is 12.8. The second kappa shape index (κ2) is 6.54. The van der Waals surface area contributed by atoms with E-state index in [4.69, 9.17) is 0 Å². The first kappa shape index (κ1) is 16.6. The lowest BCUT2D eigenvalue weighted by Crippen LogP contribution is -2.44. The Morgan fingerprint density at radius 1 is 1.36 bits per heavy atom. The summed E-state index contributed by atoms with van der Waals surface area (Å²) in [7, 11) is 3.52. The number of aryl methyl sites for hydroxylation is 1. The molecule has 1 fully saturated rings. The predicted octanol–water partition coefficient (Wildman–Crippen LogP) is 1.11. The van der Waals surface area contributed by atoms with Crippen LogP contribution < -0.4 is 10.9 Å². The van der Waals surface area contributed by atoms with Gasteiger partial charge in [-0.05, 0) is 32.0 Å². The minimum absolute atomic E-state index is 0. The van der Waals surface area contributed by atoms with Crippen molar-refractivity contribution in [3.05, 3.63) is 34.4 Å². The molecule has 0 bridgehead atoms. The number of aromatic nitrogens is 2. The molecule has 1 saturated heterocycles. The Morgan fingerprint density at radius 3 is 2.73 bits per heavy atom. The fourth-order valence-corrected chi connectivity index (χ4v) is 2.99. The van der Waals surface area contributed by atoms with E-state index in [1.165, 1.54) is 4.57 Å². The van der Waals surface area contributed by atoms with E-state index in [2.05, 4.69) is 10.3 Å². The first-order valence-electron chi connectivity index (χ1n) is 7.24. The molecule has 0 aliphatic carbocycles. The van der Waals surface area contributed by atoms with Crippen LogP contribution in [0.25, 0.3) is 10.9 Å². The fraction of sp³-hybridized carbons (Fsp3) is 0.467. The second-order valence-electron chi connectivity index (χ2n) is 5.62. The molecule has 0 spiro atoms. The van der Waals surface area contributed by atoms with Gasteiger partial charge in [0, 0.05) is 37.9 Å². The van der Waals surface area contributed by atoms with Crippen molar-refractivity contribution in [3.63, 3.8) is 0 Å². The number of aromatic amines is 1. The first-order valence-corrected chi connectivity index (χ1v) is 7.24. The van der Waals surface area contributed by atoms with Gasteiger partial charge in [0.1, 0.15) is 5.52 Å². The van der Waals surface area contributed by atoms with E-state index in [0.29, 0.717) is 16.5 Å². The van der Waals surface area contributed by atoms with Gasteiger partial charge < -0.3 is 19.8 Å². The molecule has 22 heavy (non-hydrogen) atoms. The zero-order chi connectivity index (χ0) is 15.0. The van der Waals surface area contributed by atoms with E-state index in [0.717, 1.165) is 25.9 Å². The zero-order valence-electron chi connectivity index (χ0n) is 12.8. The Labute approximate surface area is 134 Å². The molecule has 2 aromatic rings. The van der Waals surface area contributed by atoms with Gasteiger partial charge in [-0.3, -0.25) is 9.59 Å². The Hall–Kier alpha value is -1.79. The summed E-state index contributed by atoms with van der Waals surface area (Å²) in [6, 6.07) is 2.05. The van der Waals surface area contributed by atoms with Crippen LogP contribution in [0.2, 0.25) is 0 Å². The van der Waals surface area contributed by atoms with Gasteiger partial charge in [-0.2, -0.15) is 0 Å². The predicted molar refractivity (Wildman–Crippen MR) is 88.8 cm³/mol. The van der Waals surface area contributed by atoms with Gasteiger partial charge in [0.2, 0.25) is 0 Å². The van der Waals surface area contributed by atoms with Crippen LogP contribution in [0.4, 0.5) is 0 Å². The smallest absolute Gasteiger partial charge is 0.274 e. The number of nitrogens with one attached hydrogen (secondary N) is 2. The van der Waals surface area contributed by atoms with Gasteiger partial charge in [-0.1, -0.05) is 0 Å². The van der Waals surface area contributed by atoms with Crippen molar-refractivity contribution in [3.8, 4) is 0 Å². The van der Waals surface area contributed by atoms with Crippen LogP contribution in [-0.2, 0) is 7.05 Å². The minimum atomic E-state index is -0.115. The maximum Gasteiger partial charge on any atom is 0.274 e. The Bertz CT molecular complexity index is 731. The lowest BCUT2D eigenvalue weighted by Gasteiger charge is -2.31. The van der Waals surface area contributed by atoms with E-state index in [1.807, 2.05) is 11.9 Å². The van der Waals surface area contributed by atoms with Crippen LogP contribution in [0.15, 0.2) is 23.3 Å². The van der Waals surface area contributed by atoms with Crippen LogP contribution in [0.3, 0.4) is 0 Å². The third kappa shape index (κ3) is 2.76. The summed E-state index contributed by atoms with van der Waals surface area (Å²) in [5.41, 5.74) is 0.951. The van der Waals surface area contributed by atoms with Crippen LogP contribution in [0.1, 0.15) is 23.2 Å². The first-order chi connectivity index (χ1) is 10.1. The molecule has 0 unspecified atom stereocenters. The summed E-state index contributed by atoms with van der Waals surface area (Å²) in [6.45, 7) is 1.88. The third-order valence-corrected chi connectivity index (χ3v) is 4.30. The topological polar surface area (TPSA) is 70.1 Å². The molecule has 120 valence electrons. The fourth-order valence-electron chi connectivity index (χ4n) is 2.99. The molecule has 1 aliphatic rings. The van der Waals surface area contributed by atoms with Gasteiger partial charge in [-0.25, -0.2) is 0 Å². The Kier molecular flexibility index (Phi) is 4.93. The monoisotopic (exact) mass is 324 g/mol. The van der Waals surface area contributed by atoms with Crippen molar-refractivity contribution < 1.29 is 4.79 Å². The van der Waals surface area contributed by atoms with Crippen molar-refractivity contribution in [1.29, 1.82) is 0 Å². The number of carbonyl (C=O) groups excluding carboxylic acids is 1. The molecule has 2 aromatic heterocycles. The molecule has 0 atom stereocenters. The summed E-state index contributed by atoms with van der Waals surface area (Å²) in [6.07, 6.45) is 5.26. The number of pyridine rings is 1. The zero-order valence-corrected chi connectivity index (χ0v) is 13.6. The highest BCUT2D eigenvalue weighted by Crippen LogP contribution is 2.19. The van der Waals surface area contributed by atoms with Gasteiger partial charge in [0.15, 0.2) is 0 Å². The molecule has 3 heterocycles. The molecule has 2 N–H and O–H groups in total. The van der Waals surface area contributed by atoms with E-state index < -0.39 is 0 Å². The van der Waals surface area contributed by atoms with Crippen LogP contribution in [0.5, 0.6) is 0 Å². The number of rotatable bonds is 2. The van der Waals surface area contributed by atoms with Crippen LogP contribution in [0, 0.1) is 0 Å². The number of hydrogen-bond donors (Lipinski definition) is 2. The lowest BCUT2D eigenvalue weighted by atomic mass is 10.0. The molecule has 0 aromatic carbocycles. The molecule has 1 aliphatic heterocycles. The molecule has 0 radical (unpaired) electrons. The SMILES string of the molecule is CN(C(=O)c1cn(C)c(=O)c2[nH]ccc12)C1CCNCC1.Cl. The van der Waals surface area contributed by atoms with Crippen molar-refractivity contribution in [2.24, 2.45) is 7.05 Å². The molecule has 7 heteroatoms. The molecule has 3 rings (SSSR count). The molecule has 6 nitrogen and oxygen atoms in total.